The first kappa shape index (κ1) is 25.2. The van der Waals surface area contributed by atoms with Gasteiger partial charge in [0.2, 0.25) is 0 Å². The van der Waals surface area contributed by atoms with Gasteiger partial charge in [0.1, 0.15) is 12.4 Å². The predicted octanol–water partition coefficient (Wildman–Crippen LogP) is 5.10. The number of carboxylic acid groups (broad SMARTS) is 1. The van der Waals surface area contributed by atoms with Crippen LogP contribution in [0.5, 0.6) is 5.75 Å². The molecule has 0 aromatic heterocycles. The monoisotopic (exact) mass is 441 g/mol. The number of esters is 1. The number of rotatable bonds is 12. The van der Waals surface area contributed by atoms with Crippen LogP contribution in [0.3, 0.4) is 0 Å². The van der Waals surface area contributed by atoms with E-state index in [4.69, 9.17) is 9.84 Å². The quantitative estimate of drug-likeness (QED) is 0.446. The standard InChI is InChI=1S/C26H35NO5/c1-18(2)27(19(3)4)23-10-6-8-20(16-23)7-5-9-22-15-21(11-12-24(22)28)17-32-26(31)14-13-25(29)30/h6,8,10-12,15-16,18-19,28H,5,7,9,13-14,17H2,1-4H3,(H,29,30). The Balaban J connectivity index is 1.94. The van der Waals surface area contributed by atoms with Crippen molar-refractivity contribution < 1.29 is 24.5 Å². The largest absolute Gasteiger partial charge is 0.508 e. The van der Waals surface area contributed by atoms with Gasteiger partial charge in [0.05, 0.1) is 12.8 Å². The van der Waals surface area contributed by atoms with Crippen molar-refractivity contribution in [2.45, 2.75) is 78.5 Å². The van der Waals surface area contributed by atoms with Gasteiger partial charge in [-0.2, -0.15) is 0 Å². The Hall–Kier alpha value is -3.02. The molecule has 174 valence electrons. The maximum Gasteiger partial charge on any atom is 0.306 e. The number of phenolic OH excluding ortho intramolecular Hbond substituents is 1. The second-order valence-electron chi connectivity index (χ2n) is 8.64. The van der Waals surface area contributed by atoms with Crippen molar-refractivity contribution in [2.75, 3.05) is 4.90 Å². The number of ether oxygens (including phenoxy) is 1. The molecule has 0 aliphatic rings. The smallest absolute Gasteiger partial charge is 0.306 e. The van der Waals surface area contributed by atoms with Crippen LogP contribution in [0.4, 0.5) is 5.69 Å². The summed E-state index contributed by atoms with van der Waals surface area (Å²) in [6.45, 7) is 8.86. The number of carboxylic acids is 1. The average molecular weight is 442 g/mol. The maximum absolute atomic E-state index is 11.6. The Morgan fingerprint density at radius 1 is 0.938 bits per heavy atom. The van der Waals surface area contributed by atoms with Crippen LogP contribution in [-0.2, 0) is 33.8 Å². The van der Waals surface area contributed by atoms with Crippen LogP contribution in [-0.4, -0.2) is 34.2 Å². The van der Waals surface area contributed by atoms with E-state index in [-0.39, 0.29) is 25.2 Å². The molecule has 6 heteroatoms. The minimum atomic E-state index is -1.03. The van der Waals surface area contributed by atoms with E-state index in [1.54, 1.807) is 12.1 Å². The van der Waals surface area contributed by atoms with Crippen LogP contribution in [0.1, 0.15) is 63.6 Å². The van der Waals surface area contributed by atoms with Gasteiger partial charge in [-0.25, -0.2) is 0 Å². The molecule has 0 radical (unpaired) electrons. The number of benzene rings is 2. The Morgan fingerprint density at radius 3 is 2.31 bits per heavy atom. The number of carbonyl (C=O) groups excluding carboxylic acids is 1. The summed E-state index contributed by atoms with van der Waals surface area (Å²) in [4.78, 5) is 24.6. The predicted molar refractivity (Wildman–Crippen MR) is 126 cm³/mol. The highest BCUT2D eigenvalue weighted by Gasteiger charge is 2.14. The van der Waals surface area contributed by atoms with E-state index < -0.39 is 11.9 Å². The number of aromatic hydroxyl groups is 1. The average Bonchev–Trinajstić information content (AvgIpc) is 2.72. The highest BCUT2D eigenvalue weighted by molar-refractivity contribution is 5.76. The first-order chi connectivity index (χ1) is 15.2. The number of phenols is 1. The fraction of sp³-hybridized carbons (Fsp3) is 0.462. The van der Waals surface area contributed by atoms with Gasteiger partial charge >= 0.3 is 11.9 Å². The third-order valence-electron chi connectivity index (χ3n) is 5.32. The SMILES string of the molecule is CC(C)N(c1cccc(CCCc2cc(COC(=O)CCC(=O)O)ccc2O)c1)C(C)C. The Labute approximate surface area is 190 Å². The molecule has 0 saturated carbocycles. The lowest BCUT2D eigenvalue weighted by atomic mass is 10.0. The lowest BCUT2D eigenvalue weighted by molar-refractivity contribution is -0.148. The minimum absolute atomic E-state index is 0.0635. The van der Waals surface area contributed by atoms with Crippen molar-refractivity contribution in [1.29, 1.82) is 0 Å². The van der Waals surface area contributed by atoms with Gasteiger partial charge < -0.3 is 19.8 Å². The number of nitrogens with zero attached hydrogens (tertiary/aromatic N) is 1. The van der Waals surface area contributed by atoms with Crippen LogP contribution < -0.4 is 4.90 Å². The number of aryl methyl sites for hydroxylation is 2. The molecule has 2 N–H and O–H groups in total. The summed E-state index contributed by atoms with van der Waals surface area (Å²) in [7, 11) is 0. The molecule has 0 spiro atoms. The van der Waals surface area contributed by atoms with Crippen LogP contribution in [0.25, 0.3) is 0 Å². The molecular weight excluding hydrogens is 406 g/mol. The zero-order chi connectivity index (χ0) is 23.7. The van der Waals surface area contributed by atoms with Gasteiger partial charge in [0.25, 0.3) is 0 Å². The third kappa shape index (κ3) is 7.91. The van der Waals surface area contributed by atoms with Crippen molar-refractivity contribution in [2.24, 2.45) is 0 Å². The molecule has 0 aliphatic carbocycles. The molecule has 0 atom stereocenters. The fourth-order valence-electron chi connectivity index (χ4n) is 3.92. The number of carbonyl (C=O) groups is 2. The molecule has 0 fully saturated rings. The van der Waals surface area contributed by atoms with E-state index >= 15 is 0 Å². The normalized spacial score (nSPS) is 11.1. The molecular formula is C26H35NO5. The zero-order valence-electron chi connectivity index (χ0n) is 19.5. The van der Waals surface area contributed by atoms with Crippen molar-refractivity contribution in [1.82, 2.24) is 0 Å². The summed E-state index contributed by atoms with van der Waals surface area (Å²) in [6.07, 6.45) is 2.08. The lowest BCUT2D eigenvalue weighted by Gasteiger charge is -2.33. The second kappa shape index (κ2) is 12.1. The van der Waals surface area contributed by atoms with Gasteiger partial charge in [0, 0.05) is 17.8 Å². The van der Waals surface area contributed by atoms with Crippen LogP contribution >= 0.6 is 0 Å². The van der Waals surface area contributed by atoms with Gasteiger partial charge in [-0.3, -0.25) is 9.59 Å². The first-order valence-electron chi connectivity index (χ1n) is 11.2. The number of aliphatic carboxylic acids is 1. The third-order valence-corrected chi connectivity index (χ3v) is 5.32. The van der Waals surface area contributed by atoms with E-state index in [9.17, 15) is 14.7 Å². The summed E-state index contributed by atoms with van der Waals surface area (Å²) in [5.74, 6) is -1.34. The van der Waals surface area contributed by atoms with Crippen LogP contribution in [0.2, 0.25) is 0 Å². The number of anilines is 1. The first-order valence-corrected chi connectivity index (χ1v) is 11.2. The molecule has 0 aliphatic heterocycles. The molecule has 2 aromatic rings. The fourth-order valence-corrected chi connectivity index (χ4v) is 3.92. The molecule has 0 bridgehead atoms. The summed E-state index contributed by atoms with van der Waals surface area (Å²) < 4.78 is 5.13. The van der Waals surface area contributed by atoms with Crippen molar-refractivity contribution in [3.8, 4) is 5.75 Å². The molecule has 6 nitrogen and oxygen atoms in total. The van der Waals surface area contributed by atoms with Gasteiger partial charge in [-0.05, 0) is 87.9 Å². The molecule has 0 amide bonds. The zero-order valence-corrected chi connectivity index (χ0v) is 19.5. The highest BCUT2D eigenvalue weighted by atomic mass is 16.5. The van der Waals surface area contributed by atoms with E-state index in [0.717, 1.165) is 24.0 Å². The molecule has 0 unspecified atom stereocenters. The van der Waals surface area contributed by atoms with Crippen molar-refractivity contribution in [3.05, 3.63) is 59.2 Å². The van der Waals surface area contributed by atoms with E-state index in [1.165, 1.54) is 11.3 Å². The topological polar surface area (TPSA) is 87.1 Å². The molecule has 2 rings (SSSR count). The molecule has 32 heavy (non-hydrogen) atoms. The summed E-state index contributed by atoms with van der Waals surface area (Å²) >= 11 is 0. The molecule has 0 saturated heterocycles. The van der Waals surface area contributed by atoms with Crippen LogP contribution in [0.15, 0.2) is 42.5 Å². The molecule has 0 heterocycles. The summed E-state index contributed by atoms with van der Waals surface area (Å²) in [5, 5.41) is 18.8. The highest BCUT2D eigenvalue weighted by Crippen LogP contribution is 2.24. The summed E-state index contributed by atoms with van der Waals surface area (Å²) in [6, 6.07) is 14.6. The Kier molecular flexibility index (Phi) is 9.57. The maximum atomic E-state index is 11.6. The van der Waals surface area contributed by atoms with Crippen molar-refractivity contribution >= 4 is 17.6 Å². The van der Waals surface area contributed by atoms with Crippen LogP contribution in [0, 0.1) is 0 Å². The lowest BCUT2D eigenvalue weighted by Crippen LogP contribution is -2.36. The summed E-state index contributed by atoms with van der Waals surface area (Å²) in [5.41, 5.74) is 4.07. The van der Waals surface area contributed by atoms with E-state index in [1.807, 2.05) is 6.07 Å². The Bertz CT molecular complexity index is 899. The Morgan fingerprint density at radius 2 is 1.66 bits per heavy atom. The number of hydrogen-bond acceptors (Lipinski definition) is 5. The van der Waals surface area contributed by atoms with E-state index in [0.29, 0.717) is 18.5 Å². The minimum Gasteiger partial charge on any atom is -0.508 e. The van der Waals surface area contributed by atoms with Gasteiger partial charge in [-0.15, -0.1) is 0 Å². The van der Waals surface area contributed by atoms with E-state index in [2.05, 4.69) is 56.9 Å². The second-order valence-corrected chi connectivity index (χ2v) is 8.64. The molecule has 2 aromatic carbocycles. The van der Waals surface area contributed by atoms with Crippen molar-refractivity contribution in [3.63, 3.8) is 0 Å². The number of hydrogen-bond donors (Lipinski definition) is 2. The van der Waals surface area contributed by atoms with Gasteiger partial charge in [0.15, 0.2) is 0 Å². The van der Waals surface area contributed by atoms with Gasteiger partial charge in [-0.1, -0.05) is 18.2 Å².